The minimum absolute atomic E-state index is 0.358. The van der Waals surface area contributed by atoms with E-state index in [1.54, 1.807) is 12.1 Å². The number of aliphatic hydroxyl groups excluding tert-OH is 1. The molecule has 1 aromatic carbocycles. The molecule has 0 aliphatic carbocycles. The first-order valence-electron chi connectivity index (χ1n) is 4.35. The second kappa shape index (κ2) is 4.43. The van der Waals surface area contributed by atoms with Crippen molar-refractivity contribution >= 4 is 27.3 Å². The molecule has 0 saturated carbocycles. The van der Waals surface area contributed by atoms with Crippen LogP contribution in [0.15, 0.2) is 40.2 Å². The van der Waals surface area contributed by atoms with E-state index in [9.17, 15) is 9.50 Å². The van der Waals surface area contributed by atoms with Gasteiger partial charge < -0.3 is 5.11 Å². The minimum Gasteiger partial charge on any atom is -0.383 e. The summed E-state index contributed by atoms with van der Waals surface area (Å²) in [5.41, 5.74) is 0.568. The zero-order chi connectivity index (χ0) is 10.8. The summed E-state index contributed by atoms with van der Waals surface area (Å²) in [4.78, 5) is 0.816. The SMILES string of the molecule is OC(c1ccc(Br)c(F)c1)c1cccs1. The van der Waals surface area contributed by atoms with Crippen LogP contribution in [0.4, 0.5) is 4.39 Å². The number of hydrogen-bond donors (Lipinski definition) is 1. The van der Waals surface area contributed by atoms with Gasteiger partial charge in [0, 0.05) is 4.88 Å². The second-order valence-electron chi connectivity index (χ2n) is 3.09. The molecule has 2 rings (SSSR count). The average Bonchev–Trinajstić information content (AvgIpc) is 2.74. The predicted octanol–water partition coefficient (Wildman–Crippen LogP) is 3.73. The van der Waals surface area contributed by atoms with Crippen LogP contribution in [0.2, 0.25) is 0 Å². The Kier molecular flexibility index (Phi) is 3.19. The lowest BCUT2D eigenvalue weighted by molar-refractivity contribution is 0.223. The van der Waals surface area contributed by atoms with Crippen molar-refractivity contribution < 1.29 is 9.50 Å². The molecule has 1 atom stereocenters. The average molecular weight is 287 g/mol. The fourth-order valence-corrected chi connectivity index (χ4v) is 2.28. The number of aliphatic hydroxyl groups is 1. The summed E-state index contributed by atoms with van der Waals surface area (Å²) in [7, 11) is 0. The van der Waals surface area contributed by atoms with Crippen molar-refractivity contribution in [2.45, 2.75) is 6.10 Å². The van der Waals surface area contributed by atoms with Gasteiger partial charge in [0.25, 0.3) is 0 Å². The highest BCUT2D eigenvalue weighted by Gasteiger charge is 2.12. The molecule has 0 spiro atoms. The van der Waals surface area contributed by atoms with Gasteiger partial charge in [-0.2, -0.15) is 0 Å². The third-order valence-electron chi connectivity index (χ3n) is 2.07. The maximum atomic E-state index is 13.2. The van der Waals surface area contributed by atoms with E-state index in [-0.39, 0.29) is 5.82 Å². The highest BCUT2D eigenvalue weighted by molar-refractivity contribution is 9.10. The van der Waals surface area contributed by atoms with Crippen molar-refractivity contribution in [2.24, 2.45) is 0 Å². The quantitative estimate of drug-likeness (QED) is 0.892. The third kappa shape index (κ3) is 2.27. The highest BCUT2D eigenvalue weighted by atomic mass is 79.9. The smallest absolute Gasteiger partial charge is 0.137 e. The Morgan fingerprint density at radius 2 is 2.13 bits per heavy atom. The summed E-state index contributed by atoms with van der Waals surface area (Å²) in [6.45, 7) is 0. The summed E-state index contributed by atoms with van der Waals surface area (Å²) in [6.07, 6.45) is -0.743. The summed E-state index contributed by atoms with van der Waals surface area (Å²) in [5.74, 6) is -0.358. The Labute approximate surface area is 99.3 Å². The first-order chi connectivity index (χ1) is 7.18. The Balaban J connectivity index is 2.34. The van der Waals surface area contributed by atoms with Crippen molar-refractivity contribution in [3.8, 4) is 0 Å². The molecule has 0 aliphatic rings. The summed E-state index contributed by atoms with van der Waals surface area (Å²) < 4.78 is 13.6. The zero-order valence-corrected chi connectivity index (χ0v) is 10.1. The topological polar surface area (TPSA) is 20.2 Å². The van der Waals surface area contributed by atoms with E-state index in [0.29, 0.717) is 10.0 Å². The van der Waals surface area contributed by atoms with Gasteiger partial charge in [-0.05, 0) is 45.1 Å². The van der Waals surface area contributed by atoms with Gasteiger partial charge in [-0.25, -0.2) is 4.39 Å². The molecule has 0 saturated heterocycles. The number of benzene rings is 1. The van der Waals surface area contributed by atoms with Crippen molar-refractivity contribution in [1.82, 2.24) is 0 Å². The molecule has 15 heavy (non-hydrogen) atoms. The molecule has 78 valence electrons. The molecule has 1 N–H and O–H groups in total. The van der Waals surface area contributed by atoms with E-state index in [1.165, 1.54) is 17.4 Å². The molecule has 1 heterocycles. The highest BCUT2D eigenvalue weighted by Crippen LogP contribution is 2.27. The van der Waals surface area contributed by atoms with Gasteiger partial charge in [0.2, 0.25) is 0 Å². The molecule has 0 bridgehead atoms. The van der Waals surface area contributed by atoms with Crippen LogP contribution in [0, 0.1) is 5.82 Å². The lowest BCUT2D eigenvalue weighted by atomic mass is 10.1. The first-order valence-corrected chi connectivity index (χ1v) is 6.02. The monoisotopic (exact) mass is 286 g/mol. The van der Waals surface area contributed by atoms with Gasteiger partial charge in [0.05, 0.1) is 4.47 Å². The van der Waals surface area contributed by atoms with Crippen LogP contribution in [0.1, 0.15) is 16.5 Å². The Morgan fingerprint density at radius 3 is 2.73 bits per heavy atom. The van der Waals surface area contributed by atoms with Gasteiger partial charge >= 0.3 is 0 Å². The Morgan fingerprint density at radius 1 is 1.33 bits per heavy atom. The molecule has 0 amide bonds. The van der Waals surface area contributed by atoms with Crippen LogP contribution >= 0.6 is 27.3 Å². The van der Waals surface area contributed by atoms with Crippen molar-refractivity contribution in [3.63, 3.8) is 0 Å². The number of halogens is 2. The molecule has 0 aliphatic heterocycles. The van der Waals surface area contributed by atoms with Crippen LogP contribution in [0.3, 0.4) is 0 Å². The maximum Gasteiger partial charge on any atom is 0.137 e. The van der Waals surface area contributed by atoms with Crippen molar-refractivity contribution in [1.29, 1.82) is 0 Å². The summed E-state index contributed by atoms with van der Waals surface area (Å²) >= 11 is 4.52. The lowest BCUT2D eigenvalue weighted by Gasteiger charge is -2.09. The number of rotatable bonds is 2. The summed E-state index contributed by atoms with van der Waals surface area (Å²) in [5, 5.41) is 11.8. The number of thiophene rings is 1. The molecule has 2 aromatic rings. The molecule has 4 heteroatoms. The van der Waals surface area contributed by atoms with E-state index in [0.717, 1.165) is 4.88 Å². The third-order valence-corrected chi connectivity index (χ3v) is 3.64. The van der Waals surface area contributed by atoms with E-state index < -0.39 is 6.10 Å². The molecular formula is C11H8BrFOS. The van der Waals surface area contributed by atoms with Crippen LogP contribution in [0.25, 0.3) is 0 Å². The molecule has 1 unspecified atom stereocenters. The van der Waals surface area contributed by atoms with Crippen molar-refractivity contribution in [3.05, 3.63) is 56.4 Å². The van der Waals surface area contributed by atoms with Gasteiger partial charge in [0.1, 0.15) is 11.9 Å². The van der Waals surface area contributed by atoms with E-state index in [4.69, 9.17) is 0 Å². The van der Waals surface area contributed by atoms with Crippen LogP contribution < -0.4 is 0 Å². The van der Waals surface area contributed by atoms with E-state index in [2.05, 4.69) is 15.9 Å². The van der Waals surface area contributed by atoms with Crippen LogP contribution in [0.5, 0.6) is 0 Å². The Hall–Kier alpha value is -0.710. The predicted molar refractivity (Wildman–Crippen MR) is 62.5 cm³/mol. The van der Waals surface area contributed by atoms with Crippen molar-refractivity contribution in [2.75, 3.05) is 0 Å². The maximum absolute atomic E-state index is 13.2. The van der Waals surface area contributed by atoms with Crippen LogP contribution in [-0.4, -0.2) is 5.11 Å². The minimum atomic E-state index is -0.743. The second-order valence-corrected chi connectivity index (χ2v) is 4.93. The van der Waals surface area contributed by atoms with Gasteiger partial charge in [-0.15, -0.1) is 11.3 Å². The molecular weight excluding hydrogens is 279 g/mol. The Bertz CT molecular complexity index is 456. The fraction of sp³-hybridized carbons (Fsp3) is 0.0909. The summed E-state index contributed by atoms with van der Waals surface area (Å²) in [6, 6.07) is 8.33. The van der Waals surface area contributed by atoms with Gasteiger partial charge in [-0.3, -0.25) is 0 Å². The molecule has 1 aromatic heterocycles. The normalized spacial score (nSPS) is 12.7. The van der Waals surface area contributed by atoms with E-state index in [1.807, 2.05) is 17.5 Å². The van der Waals surface area contributed by atoms with E-state index >= 15 is 0 Å². The molecule has 0 radical (unpaired) electrons. The first kappa shape index (κ1) is 10.8. The van der Waals surface area contributed by atoms with Gasteiger partial charge in [-0.1, -0.05) is 12.1 Å². The lowest BCUT2D eigenvalue weighted by Crippen LogP contribution is -1.97. The zero-order valence-electron chi connectivity index (χ0n) is 7.65. The van der Waals surface area contributed by atoms with Gasteiger partial charge in [0.15, 0.2) is 0 Å². The standard InChI is InChI=1S/C11H8BrFOS/c12-8-4-3-7(6-9(8)13)11(14)10-2-1-5-15-10/h1-6,11,14H. The molecule has 1 nitrogen and oxygen atoms in total. The number of hydrogen-bond acceptors (Lipinski definition) is 2. The fourth-order valence-electron chi connectivity index (χ4n) is 1.29. The molecule has 0 fully saturated rings. The van der Waals surface area contributed by atoms with Crippen LogP contribution in [-0.2, 0) is 0 Å². The largest absolute Gasteiger partial charge is 0.383 e.